The van der Waals surface area contributed by atoms with Gasteiger partial charge in [-0.15, -0.1) is 0 Å². The molecule has 0 spiro atoms. The molecule has 0 saturated heterocycles. The Kier molecular flexibility index (Phi) is 8.30. The summed E-state index contributed by atoms with van der Waals surface area (Å²) in [5.74, 6) is -0.969. The Morgan fingerprint density at radius 2 is 1.84 bits per heavy atom. The van der Waals surface area contributed by atoms with E-state index in [1.54, 1.807) is 12.1 Å². The lowest BCUT2D eigenvalue weighted by Gasteiger charge is -2.08. The summed E-state index contributed by atoms with van der Waals surface area (Å²) in [5.41, 5.74) is 1.79. The van der Waals surface area contributed by atoms with E-state index in [4.69, 9.17) is 4.74 Å². The van der Waals surface area contributed by atoms with E-state index >= 15 is 0 Å². The summed E-state index contributed by atoms with van der Waals surface area (Å²) in [5, 5.41) is 3.56. The molecule has 0 aliphatic carbocycles. The molecule has 2 N–H and O–H groups in total. The van der Waals surface area contributed by atoms with Crippen LogP contribution in [0.15, 0.2) is 29.7 Å². The number of benzene rings is 1. The molecule has 0 heterocycles. The highest BCUT2D eigenvalue weighted by atomic mass is 32.2. The number of rotatable bonds is 9. The van der Waals surface area contributed by atoms with Crippen LogP contribution in [0.4, 0.5) is 0 Å². The van der Waals surface area contributed by atoms with Crippen molar-refractivity contribution in [2.24, 2.45) is 5.92 Å². The first kappa shape index (κ1) is 20.9. The molecular weight excluding hydrogens is 344 g/mol. The maximum absolute atomic E-state index is 11.8. The first-order chi connectivity index (χ1) is 11.7. The van der Waals surface area contributed by atoms with Gasteiger partial charge in [-0.3, -0.25) is 9.59 Å². The molecule has 1 aromatic rings. The molecule has 0 radical (unpaired) electrons. The van der Waals surface area contributed by atoms with E-state index in [0.717, 1.165) is 16.5 Å². The van der Waals surface area contributed by atoms with Gasteiger partial charge in [0.2, 0.25) is 10.0 Å². The molecule has 1 aromatic carbocycles. The Balaban J connectivity index is 2.38. The summed E-state index contributed by atoms with van der Waals surface area (Å²) in [6, 6.07) is 7.29. The zero-order chi connectivity index (χ0) is 18.9. The second kappa shape index (κ2) is 9.95. The largest absolute Gasteiger partial charge is 0.455 e. The van der Waals surface area contributed by atoms with E-state index in [0.29, 0.717) is 6.54 Å². The second-order valence-corrected chi connectivity index (χ2v) is 7.59. The van der Waals surface area contributed by atoms with Gasteiger partial charge in [-0.1, -0.05) is 43.7 Å². The van der Waals surface area contributed by atoms with Gasteiger partial charge in [-0.2, -0.15) is 0 Å². The summed E-state index contributed by atoms with van der Waals surface area (Å²) in [6.45, 7) is 5.30. The summed E-state index contributed by atoms with van der Waals surface area (Å²) in [4.78, 5) is 22.9. The van der Waals surface area contributed by atoms with Crippen LogP contribution in [-0.2, 0) is 24.3 Å². The molecule has 7 nitrogen and oxygen atoms in total. The lowest BCUT2D eigenvalue weighted by Crippen LogP contribution is -2.34. The predicted molar refractivity (Wildman–Crippen MR) is 95.9 cm³/mol. The molecule has 1 amide bonds. The number of sulfonamides is 1. The molecule has 1 rings (SSSR count). The SMILES string of the molecule is Cc1ccc(/C=C/S(=O)(=O)NCC(=O)OCC(=O)NCC(C)C)cc1. The second-order valence-electron chi connectivity index (χ2n) is 5.94. The molecule has 0 aliphatic rings. The van der Waals surface area contributed by atoms with Crippen molar-refractivity contribution >= 4 is 28.0 Å². The van der Waals surface area contributed by atoms with E-state index in [-0.39, 0.29) is 5.92 Å². The molecule has 0 aliphatic heterocycles. The fraction of sp³-hybridized carbons (Fsp3) is 0.412. The lowest BCUT2D eigenvalue weighted by molar-refractivity contribution is -0.147. The average Bonchev–Trinajstić information content (AvgIpc) is 2.56. The van der Waals surface area contributed by atoms with Gasteiger partial charge in [-0.05, 0) is 24.5 Å². The number of nitrogens with one attached hydrogen (secondary N) is 2. The molecular formula is C17H24N2O5S. The average molecular weight is 368 g/mol. The quantitative estimate of drug-likeness (QED) is 0.638. The lowest BCUT2D eigenvalue weighted by atomic mass is 10.2. The van der Waals surface area contributed by atoms with Crippen molar-refractivity contribution in [2.45, 2.75) is 20.8 Å². The van der Waals surface area contributed by atoms with E-state index in [2.05, 4.69) is 10.0 Å². The molecule has 138 valence electrons. The predicted octanol–water partition coefficient (Wildman–Crippen LogP) is 1.20. The van der Waals surface area contributed by atoms with E-state index in [9.17, 15) is 18.0 Å². The van der Waals surface area contributed by atoms with Crippen LogP contribution in [-0.4, -0.2) is 40.0 Å². The zero-order valence-electron chi connectivity index (χ0n) is 14.6. The molecule has 0 atom stereocenters. The van der Waals surface area contributed by atoms with Crippen LogP contribution < -0.4 is 10.0 Å². The summed E-state index contributed by atoms with van der Waals surface area (Å²) in [6.07, 6.45) is 1.42. The van der Waals surface area contributed by atoms with Crippen molar-refractivity contribution in [2.75, 3.05) is 19.7 Å². The fourth-order valence-corrected chi connectivity index (χ4v) is 2.37. The third-order valence-corrected chi connectivity index (χ3v) is 4.05. The minimum atomic E-state index is -3.78. The Morgan fingerprint density at radius 1 is 1.20 bits per heavy atom. The Bertz CT molecular complexity index is 709. The van der Waals surface area contributed by atoms with Crippen LogP contribution in [0.1, 0.15) is 25.0 Å². The minimum absolute atomic E-state index is 0.284. The third-order valence-electron chi connectivity index (χ3n) is 3.01. The first-order valence-electron chi connectivity index (χ1n) is 7.84. The van der Waals surface area contributed by atoms with Crippen LogP contribution in [0.5, 0.6) is 0 Å². The van der Waals surface area contributed by atoms with Crippen LogP contribution in [0.3, 0.4) is 0 Å². The molecule has 25 heavy (non-hydrogen) atoms. The number of carbonyl (C=O) groups excluding carboxylic acids is 2. The Morgan fingerprint density at radius 3 is 2.44 bits per heavy atom. The van der Waals surface area contributed by atoms with E-state index in [1.807, 2.05) is 32.9 Å². The number of hydrogen-bond donors (Lipinski definition) is 2. The number of carbonyl (C=O) groups is 2. The van der Waals surface area contributed by atoms with E-state index < -0.39 is 35.1 Å². The van der Waals surface area contributed by atoms with Gasteiger partial charge in [-0.25, -0.2) is 13.1 Å². The van der Waals surface area contributed by atoms with Crippen LogP contribution in [0, 0.1) is 12.8 Å². The normalized spacial score (nSPS) is 11.7. The molecule has 8 heteroatoms. The standard InChI is InChI=1S/C17H24N2O5S/c1-13(2)10-18-16(20)12-24-17(21)11-19-25(22,23)9-8-15-6-4-14(3)5-7-15/h4-9,13,19H,10-12H2,1-3H3,(H,18,20)/b9-8+. The molecule has 0 aromatic heterocycles. The van der Waals surface area contributed by atoms with Crippen molar-refractivity contribution in [3.63, 3.8) is 0 Å². The number of esters is 1. The summed E-state index contributed by atoms with van der Waals surface area (Å²) < 4.78 is 30.4. The van der Waals surface area contributed by atoms with Crippen LogP contribution >= 0.6 is 0 Å². The van der Waals surface area contributed by atoms with Gasteiger partial charge in [0.1, 0.15) is 6.54 Å². The molecule has 0 saturated carbocycles. The van der Waals surface area contributed by atoms with Gasteiger partial charge in [0.15, 0.2) is 6.61 Å². The molecule has 0 unspecified atom stereocenters. The third kappa shape index (κ3) is 9.63. The topological polar surface area (TPSA) is 102 Å². The van der Waals surface area contributed by atoms with Gasteiger partial charge in [0.05, 0.1) is 0 Å². The highest BCUT2D eigenvalue weighted by molar-refractivity contribution is 7.92. The smallest absolute Gasteiger partial charge is 0.321 e. The van der Waals surface area contributed by atoms with Crippen molar-refractivity contribution in [1.29, 1.82) is 0 Å². The highest BCUT2D eigenvalue weighted by Crippen LogP contribution is 2.05. The van der Waals surface area contributed by atoms with Crippen molar-refractivity contribution in [1.82, 2.24) is 10.0 Å². The van der Waals surface area contributed by atoms with E-state index in [1.165, 1.54) is 6.08 Å². The van der Waals surface area contributed by atoms with Gasteiger partial charge < -0.3 is 10.1 Å². The van der Waals surface area contributed by atoms with Gasteiger partial charge >= 0.3 is 5.97 Å². The summed E-state index contributed by atoms with van der Waals surface area (Å²) in [7, 11) is -3.78. The van der Waals surface area contributed by atoms with Crippen molar-refractivity contribution in [3.05, 3.63) is 40.8 Å². The Hall–Kier alpha value is -2.19. The number of amides is 1. The maximum Gasteiger partial charge on any atom is 0.321 e. The number of ether oxygens (including phenoxy) is 1. The van der Waals surface area contributed by atoms with Gasteiger partial charge in [0, 0.05) is 12.0 Å². The molecule has 0 fully saturated rings. The van der Waals surface area contributed by atoms with Crippen molar-refractivity contribution in [3.8, 4) is 0 Å². The van der Waals surface area contributed by atoms with Crippen molar-refractivity contribution < 1.29 is 22.7 Å². The highest BCUT2D eigenvalue weighted by Gasteiger charge is 2.11. The number of hydrogen-bond acceptors (Lipinski definition) is 5. The Labute approximate surface area is 148 Å². The summed E-state index contributed by atoms with van der Waals surface area (Å²) >= 11 is 0. The van der Waals surface area contributed by atoms with Crippen LogP contribution in [0.2, 0.25) is 0 Å². The molecule has 0 bridgehead atoms. The fourth-order valence-electron chi connectivity index (χ4n) is 1.62. The number of aryl methyl sites for hydroxylation is 1. The van der Waals surface area contributed by atoms with Gasteiger partial charge in [0.25, 0.3) is 5.91 Å². The first-order valence-corrected chi connectivity index (χ1v) is 9.39. The monoisotopic (exact) mass is 368 g/mol. The van der Waals surface area contributed by atoms with Crippen LogP contribution in [0.25, 0.3) is 6.08 Å². The maximum atomic E-state index is 11.8. The zero-order valence-corrected chi connectivity index (χ0v) is 15.4. The minimum Gasteiger partial charge on any atom is -0.455 e.